The van der Waals surface area contributed by atoms with Crippen LogP contribution in [0.2, 0.25) is 0 Å². The van der Waals surface area contributed by atoms with Gasteiger partial charge in [-0.3, -0.25) is 0 Å². The molecule has 2 nitrogen and oxygen atoms in total. The molecule has 0 aliphatic carbocycles. The maximum absolute atomic E-state index is 13.2. The molecule has 0 amide bonds. The first-order chi connectivity index (χ1) is 6.86. The van der Waals surface area contributed by atoms with Gasteiger partial charge in [0, 0.05) is 18.0 Å². The van der Waals surface area contributed by atoms with E-state index in [1.54, 1.807) is 12.3 Å². The van der Waals surface area contributed by atoms with Gasteiger partial charge in [0.15, 0.2) is 11.6 Å². The molecule has 1 unspecified atom stereocenters. The van der Waals surface area contributed by atoms with E-state index in [-0.39, 0.29) is 5.82 Å². The van der Waals surface area contributed by atoms with Gasteiger partial charge in [0.1, 0.15) is 0 Å². The summed E-state index contributed by atoms with van der Waals surface area (Å²) in [5.74, 6) is 2.40. The van der Waals surface area contributed by atoms with E-state index in [1.807, 2.05) is 11.8 Å². The van der Waals surface area contributed by atoms with E-state index >= 15 is 0 Å². The normalized spacial score (nSPS) is 21.9. The third-order valence-corrected chi connectivity index (χ3v) is 3.48. The van der Waals surface area contributed by atoms with Crippen molar-refractivity contribution in [2.45, 2.75) is 18.9 Å². The number of pyridine rings is 1. The van der Waals surface area contributed by atoms with Crippen molar-refractivity contribution >= 4 is 17.6 Å². The molecule has 0 bridgehead atoms. The molecule has 1 aromatic rings. The van der Waals surface area contributed by atoms with Crippen LogP contribution in [0.5, 0.6) is 0 Å². The second-order valence-corrected chi connectivity index (χ2v) is 4.54. The van der Waals surface area contributed by atoms with Crippen molar-refractivity contribution in [3.8, 4) is 0 Å². The Balaban J connectivity index is 1.99. The van der Waals surface area contributed by atoms with Gasteiger partial charge in [0.05, 0.1) is 0 Å². The van der Waals surface area contributed by atoms with Crippen molar-refractivity contribution in [3.05, 3.63) is 24.1 Å². The number of nitrogens with one attached hydrogen (secondary N) is 1. The first kappa shape index (κ1) is 9.77. The quantitative estimate of drug-likeness (QED) is 0.815. The molecule has 0 radical (unpaired) electrons. The van der Waals surface area contributed by atoms with Gasteiger partial charge >= 0.3 is 0 Å². The summed E-state index contributed by atoms with van der Waals surface area (Å²) >= 11 is 1.92. The summed E-state index contributed by atoms with van der Waals surface area (Å²) in [6.45, 7) is 0. The van der Waals surface area contributed by atoms with Crippen LogP contribution in [0.4, 0.5) is 10.2 Å². The molecule has 1 aliphatic rings. The molecule has 0 saturated carbocycles. The van der Waals surface area contributed by atoms with Crippen LogP contribution < -0.4 is 5.32 Å². The Morgan fingerprint density at radius 1 is 1.57 bits per heavy atom. The van der Waals surface area contributed by atoms with E-state index < -0.39 is 0 Å². The Kier molecular flexibility index (Phi) is 3.24. The summed E-state index contributed by atoms with van der Waals surface area (Å²) in [5.41, 5.74) is 0. The van der Waals surface area contributed by atoms with Gasteiger partial charge in [-0.15, -0.1) is 0 Å². The average molecular weight is 212 g/mol. The lowest BCUT2D eigenvalue weighted by Gasteiger charge is -2.22. The van der Waals surface area contributed by atoms with Gasteiger partial charge in [-0.25, -0.2) is 9.37 Å². The van der Waals surface area contributed by atoms with Crippen molar-refractivity contribution in [1.29, 1.82) is 0 Å². The number of halogens is 1. The van der Waals surface area contributed by atoms with E-state index in [9.17, 15) is 4.39 Å². The molecule has 4 heteroatoms. The molecule has 1 saturated heterocycles. The largest absolute Gasteiger partial charge is 0.364 e. The molecule has 1 fully saturated rings. The molecule has 76 valence electrons. The van der Waals surface area contributed by atoms with Crippen LogP contribution in [0.3, 0.4) is 0 Å². The van der Waals surface area contributed by atoms with Gasteiger partial charge in [0.25, 0.3) is 0 Å². The smallest absolute Gasteiger partial charge is 0.165 e. The van der Waals surface area contributed by atoms with Crippen molar-refractivity contribution < 1.29 is 4.39 Å². The number of hydrogen-bond donors (Lipinski definition) is 1. The maximum Gasteiger partial charge on any atom is 0.165 e. The first-order valence-electron chi connectivity index (χ1n) is 4.81. The first-order valence-corrected chi connectivity index (χ1v) is 5.96. The predicted octanol–water partition coefficient (Wildman–Crippen LogP) is 2.53. The molecule has 1 aliphatic heterocycles. The van der Waals surface area contributed by atoms with Crippen LogP contribution in [-0.4, -0.2) is 22.5 Å². The van der Waals surface area contributed by atoms with Crippen molar-refractivity contribution in [2.24, 2.45) is 0 Å². The lowest BCUT2D eigenvalue weighted by atomic mass is 10.2. The monoisotopic (exact) mass is 212 g/mol. The highest BCUT2D eigenvalue weighted by atomic mass is 32.2. The van der Waals surface area contributed by atoms with Gasteiger partial charge in [-0.2, -0.15) is 11.8 Å². The Bertz CT molecular complexity index is 300. The molecule has 0 spiro atoms. The van der Waals surface area contributed by atoms with Crippen LogP contribution >= 0.6 is 11.8 Å². The van der Waals surface area contributed by atoms with Crippen LogP contribution in [0, 0.1) is 5.82 Å². The van der Waals surface area contributed by atoms with Crippen LogP contribution in [0.1, 0.15) is 12.8 Å². The molecular weight excluding hydrogens is 199 g/mol. The number of thioether (sulfide) groups is 1. The highest BCUT2D eigenvalue weighted by Crippen LogP contribution is 2.20. The van der Waals surface area contributed by atoms with Crippen molar-refractivity contribution in [3.63, 3.8) is 0 Å². The zero-order valence-corrected chi connectivity index (χ0v) is 8.69. The Morgan fingerprint density at radius 2 is 2.50 bits per heavy atom. The Labute approximate surface area is 87.3 Å². The Hall–Kier alpha value is -0.770. The average Bonchev–Trinajstić information content (AvgIpc) is 2.23. The fourth-order valence-electron chi connectivity index (χ4n) is 1.54. The second kappa shape index (κ2) is 4.64. The van der Waals surface area contributed by atoms with Crippen molar-refractivity contribution in [1.82, 2.24) is 4.98 Å². The molecule has 2 rings (SSSR count). The summed E-state index contributed by atoms with van der Waals surface area (Å²) < 4.78 is 13.2. The lowest BCUT2D eigenvalue weighted by Crippen LogP contribution is -2.26. The fourth-order valence-corrected chi connectivity index (χ4v) is 2.61. The third-order valence-electron chi connectivity index (χ3n) is 2.26. The zero-order valence-electron chi connectivity index (χ0n) is 7.87. The molecule has 1 atom stereocenters. The minimum Gasteiger partial charge on any atom is -0.364 e. The zero-order chi connectivity index (χ0) is 9.80. The van der Waals surface area contributed by atoms with Gasteiger partial charge in [-0.1, -0.05) is 0 Å². The molecule has 2 heterocycles. The molecule has 1 N–H and O–H groups in total. The van der Waals surface area contributed by atoms with Gasteiger partial charge in [0.2, 0.25) is 0 Å². The SMILES string of the molecule is Fc1cccnc1NC1CCCSC1. The highest BCUT2D eigenvalue weighted by Gasteiger charge is 2.15. The number of aromatic nitrogens is 1. The summed E-state index contributed by atoms with van der Waals surface area (Å²) in [7, 11) is 0. The maximum atomic E-state index is 13.2. The van der Waals surface area contributed by atoms with Crippen LogP contribution in [0.25, 0.3) is 0 Å². The van der Waals surface area contributed by atoms with E-state index in [0.717, 1.165) is 12.2 Å². The standard InChI is InChI=1S/C10H13FN2S/c11-9-4-1-5-12-10(9)13-8-3-2-6-14-7-8/h1,4-5,8H,2-3,6-7H2,(H,12,13). The summed E-state index contributed by atoms with van der Waals surface area (Å²) in [6.07, 6.45) is 3.93. The lowest BCUT2D eigenvalue weighted by molar-refractivity contribution is 0.613. The second-order valence-electron chi connectivity index (χ2n) is 3.39. The topological polar surface area (TPSA) is 24.9 Å². The summed E-state index contributed by atoms with van der Waals surface area (Å²) in [6, 6.07) is 3.42. The molecule has 14 heavy (non-hydrogen) atoms. The number of hydrogen-bond acceptors (Lipinski definition) is 3. The van der Waals surface area contributed by atoms with E-state index in [1.165, 1.54) is 18.2 Å². The fraction of sp³-hybridized carbons (Fsp3) is 0.500. The number of rotatable bonds is 2. The summed E-state index contributed by atoms with van der Waals surface area (Å²) in [4.78, 5) is 3.98. The van der Waals surface area contributed by atoms with Crippen LogP contribution in [-0.2, 0) is 0 Å². The predicted molar refractivity (Wildman–Crippen MR) is 58.2 cm³/mol. The summed E-state index contributed by atoms with van der Waals surface area (Å²) in [5, 5.41) is 3.14. The van der Waals surface area contributed by atoms with Crippen molar-refractivity contribution in [2.75, 3.05) is 16.8 Å². The number of anilines is 1. The van der Waals surface area contributed by atoms with E-state index in [2.05, 4.69) is 10.3 Å². The molecular formula is C10H13FN2S. The van der Waals surface area contributed by atoms with Gasteiger partial charge < -0.3 is 5.32 Å². The third kappa shape index (κ3) is 2.38. The minimum atomic E-state index is -0.261. The van der Waals surface area contributed by atoms with E-state index in [0.29, 0.717) is 11.9 Å². The number of nitrogens with zero attached hydrogens (tertiary/aromatic N) is 1. The van der Waals surface area contributed by atoms with Gasteiger partial charge in [-0.05, 0) is 30.7 Å². The highest BCUT2D eigenvalue weighted by molar-refractivity contribution is 7.99. The van der Waals surface area contributed by atoms with E-state index in [4.69, 9.17) is 0 Å². The minimum absolute atomic E-state index is 0.261. The molecule has 0 aromatic carbocycles. The molecule has 1 aromatic heterocycles. The van der Waals surface area contributed by atoms with Crippen LogP contribution in [0.15, 0.2) is 18.3 Å². The Morgan fingerprint density at radius 3 is 3.21 bits per heavy atom.